The summed E-state index contributed by atoms with van der Waals surface area (Å²) < 4.78 is 0. The van der Waals surface area contributed by atoms with Gasteiger partial charge in [0, 0.05) is 26.2 Å². The Balaban J connectivity index is 2.44. The molecular weight excluding hydrogens is 240 g/mol. The first kappa shape index (κ1) is 15.7. The van der Waals surface area contributed by atoms with Gasteiger partial charge in [0.15, 0.2) is 0 Å². The molecule has 1 atom stereocenters. The summed E-state index contributed by atoms with van der Waals surface area (Å²) in [7, 11) is 3.91. The van der Waals surface area contributed by atoms with Crippen LogP contribution in [-0.2, 0) is 0 Å². The van der Waals surface area contributed by atoms with Gasteiger partial charge in [-0.2, -0.15) is 0 Å². The molecule has 1 rings (SSSR count). The molecule has 1 heterocycles. The van der Waals surface area contributed by atoms with E-state index in [9.17, 15) is 5.11 Å². The maximum atomic E-state index is 9.67. The van der Waals surface area contributed by atoms with Crippen molar-refractivity contribution in [1.29, 1.82) is 0 Å². The largest absolute Gasteiger partial charge is 0.390 e. The smallest absolute Gasteiger partial charge is 0.133 e. The van der Waals surface area contributed by atoms with E-state index < -0.39 is 5.60 Å². The minimum atomic E-state index is -0.577. The van der Waals surface area contributed by atoms with Gasteiger partial charge in [0.25, 0.3) is 0 Å². The fraction of sp³-hybridized carbons (Fsp3) is 0.714. The van der Waals surface area contributed by atoms with E-state index in [0.717, 1.165) is 30.9 Å². The Hall–Kier alpha value is -1.36. The van der Waals surface area contributed by atoms with Crippen LogP contribution in [0.15, 0.2) is 12.4 Å². The fourth-order valence-corrected chi connectivity index (χ4v) is 1.84. The van der Waals surface area contributed by atoms with Gasteiger partial charge >= 0.3 is 0 Å². The summed E-state index contributed by atoms with van der Waals surface area (Å²) in [6.45, 7) is 5.82. The number of nitrogens with zero attached hydrogens (tertiary/aromatic N) is 3. The molecule has 0 spiro atoms. The van der Waals surface area contributed by atoms with E-state index in [-0.39, 0.29) is 0 Å². The molecule has 1 aromatic heterocycles. The van der Waals surface area contributed by atoms with Gasteiger partial charge in [0.1, 0.15) is 18.0 Å². The Morgan fingerprint density at radius 3 is 2.63 bits per heavy atom. The van der Waals surface area contributed by atoms with Crippen molar-refractivity contribution in [3.8, 4) is 0 Å². The van der Waals surface area contributed by atoms with Crippen molar-refractivity contribution < 1.29 is 5.11 Å². The lowest BCUT2D eigenvalue weighted by Gasteiger charge is -2.20. The molecule has 108 valence electrons. The summed E-state index contributed by atoms with van der Waals surface area (Å²) in [5.41, 5.74) is -0.577. The number of anilines is 2. The Morgan fingerprint density at radius 1 is 1.37 bits per heavy atom. The zero-order valence-corrected chi connectivity index (χ0v) is 12.6. The summed E-state index contributed by atoms with van der Waals surface area (Å²) in [5.74, 6) is 1.73. The number of aromatic nitrogens is 2. The number of aliphatic hydroxyl groups is 1. The van der Waals surface area contributed by atoms with E-state index in [1.165, 1.54) is 0 Å². The predicted molar refractivity (Wildman–Crippen MR) is 79.6 cm³/mol. The van der Waals surface area contributed by atoms with Crippen LogP contribution in [0.2, 0.25) is 0 Å². The molecule has 19 heavy (non-hydrogen) atoms. The van der Waals surface area contributed by atoms with Gasteiger partial charge in [-0.05, 0) is 40.0 Å². The summed E-state index contributed by atoms with van der Waals surface area (Å²) in [5, 5.41) is 13.0. The SMILES string of the molecule is C[C@@H](CCCC(C)(C)O)Nc1cc(N(C)C)ncn1. The highest BCUT2D eigenvalue weighted by Gasteiger charge is 2.13. The highest BCUT2D eigenvalue weighted by Crippen LogP contribution is 2.16. The molecule has 0 aliphatic rings. The molecule has 0 bridgehead atoms. The van der Waals surface area contributed by atoms with E-state index in [4.69, 9.17) is 0 Å². The molecule has 5 heteroatoms. The summed E-state index contributed by atoms with van der Waals surface area (Å²) in [6, 6.07) is 2.26. The second-order valence-electron chi connectivity index (χ2n) is 5.91. The minimum Gasteiger partial charge on any atom is -0.390 e. The molecule has 1 aromatic rings. The van der Waals surface area contributed by atoms with E-state index in [1.54, 1.807) is 6.33 Å². The molecule has 5 nitrogen and oxygen atoms in total. The van der Waals surface area contributed by atoms with Crippen LogP contribution < -0.4 is 10.2 Å². The van der Waals surface area contributed by atoms with Crippen molar-refractivity contribution in [1.82, 2.24) is 9.97 Å². The van der Waals surface area contributed by atoms with Crippen LogP contribution in [0.25, 0.3) is 0 Å². The quantitative estimate of drug-likeness (QED) is 0.793. The van der Waals surface area contributed by atoms with Crippen LogP contribution in [0.3, 0.4) is 0 Å². The summed E-state index contributed by atoms with van der Waals surface area (Å²) in [6.07, 6.45) is 4.38. The molecule has 0 saturated heterocycles. The standard InChI is InChI=1S/C14H26N4O/c1-11(7-6-8-14(2,3)19)17-12-9-13(18(4)5)16-10-15-12/h9-11,19H,6-8H2,1-5H3,(H,15,16,17)/t11-/m0/s1. The lowest BCUT2D eigenvalue weighted by Crippen LogP contribution is -2.21. The summed E-state index contributed by atoms with van der Waals surface area (Å²) in [4.78, 5) is 10.4. The molecule has 0 fully saturated rings. The minimum absolute atomic E-state index is 0.326. The molecule has 0 saturated carbocycles. The highest BCUT2D eigenvalue weighted by atomic mass is 16.3. The topological polar surface area (TPSA) is 61.3 Å². The number of nitrogens with one attached hydrogen (secondary N) is 1. The van der Waals surface area contributed by atoms with Gasteiger partial charge in [-0.15, -0.1) is 0 Å². The molecule has 0 aromatic carbocycles. The zero-order chi connectivity index (χ0) is 14.5. The maximum absolute atomic E-state index is 9.67. The second kappa shape index (κ2) is 6.70. The zero-order valence-electron chi connectivity index (χ0n) is 12.6. The van der Waals surface area contributed by atoms with E-state index in [2.05, 4.69) is 22.2 Å². The van der Waals surface area contributed by atoms with Crippen molar-refractivity contribution in [3.63, 3.8) is 0 Å². The first-order valence-corrected chi connectivity index (χ1v) is 6.76. The van der Waals surface area contributed by atoms with Gasteiger partial charge in [0.2, 0.25) is 0 Å². The van der Waals surface area contributed by atoms with Gasteiger partial charge in [0.05, 0.1) is 5.60 Å². The third kappa shape index (κ3) is 6.38. The van der Waals surface area contributed by atoms with Crippen molar-refractivity contribution in [2.75, 3.05) is 24.3 Å². The monoisotopic (exact) mass is 266 g/mol. The van der Waals surface area contributed by atoms with Crippen LogP contribution in [0.1, 0.15) is 40.0 Å². The van der Waals surface area contributed by atoms with Crippen molar-refractivity contribution in [2.24, 2.45) is 0 Å². The fourth-order valence-electron chi connectivity index (χ4n) is 1.84. The predicted octanol–water partition coefficient (Wildman–Crippen LogP) is 2.28. The third-order valence-corrected chi connectivity index (χ3v) is 2.93. The average Bonchev–Trinajstić information content (AvgIpc) is 2.27. The number of hydrogen-bond donors (Lipinski definition) is 2. The van der Waals surface area contributed by atoms with Crippen LogP contribution in [0, 0.1) is 0 Å². The van der Waals surface area contributed by atoms with Crippen LogP contribution in [0.4, 0.5) is 11.6 Å². The molecule has 2 N–H and O–H groups in total. The lowest BCUT2D eigenvalue weighted by molar-refractivity contribution is 0.0680. The van der Waals surface area contributed by atoms with Crippen molar-refractivity contribution in [3.05, 3.63) is 12.4 Å². The first-order valence-electron chi connectivity index (χ1n) is 6.76. The normalized spacial score (nSPS) is 13.2. The maximum Gasteiger partial charge on any atom is 0.133 e. The third-order valence-electron chi connectivity index (χ3n) is 2.93. The van der Waals surface area contributed by atoms with Crippen LogP contribution in [0.5, 0.6) is 0 Å². The van der Waals surface area contributed by atoms with E-state index in [0.29, 0.717) is 6.04 Å². The molecule has 0 amide bonds. The van der Waals surface area contributed by atoms with Crippen LogP contribution in [-0.4, -0.2) is 40.8 Å². The molecule has 0 radical (unpaired) electrons. The lowest BCUT2D eigenvalue weighted by atomic mass is 10.00. The molecule has 0 unspecified atom stereocenters. The van der Waals surface area contributed by atoms with E-state index >= 15 is 0 Å². The molecule has 0 aliphatic heterocycles. The molecular formula is C14H26N4O. The van der Waals surface area contributed by atoms with Crippen molar-refractivity contribution >= 4 is 11.6 Å². The van der Waals surface area contributed by atoms with Crippen molar-refractivity contribution in [2.45, 2.75) is 51.7 Å². The highest BCUT2D eigenvalue weighted by molar-refractivity contribution is 5.47. The van der Waals surface area contributed by atoms with Gasteiger partial charge < -0.3 is 15.3 Å². The Bertz CT molecular complexity index is 387. The Morgan fingerprint density at radius 2 is 2.05 bits per heavy atom. The van der Waals surface area contributed by atoms with Crippen LogP contribution >= 0.6 is 0 Å². The first-order chi connectivity index (χ1) is 8.78. The Labute approximate surface area is 116 Å². The average molecular weight is 266 g/mol. The van der Waals surface area contributed by atoms with Gasteiger partial charge in [-0.3, -0.25) is 0 Å². The van der Waals surface area contributed by atoms with Gasteiger partial charge in [-0.1, -0.05) is 0 Å². The molecule has 0 aliphatic carbocycles. The van der Waals surface area contributed by atoms with Gasteiger partial charge in [-0.25, -0.2) is 9.97 Å². The number of rotatable bonds is 7. The van der Waals surface area contributed by atoms with E-state index in [1.807, 2.05) is 38.9 Å². The number of hydrogen-bond acceptors (Lipinski definition) is 5. The summed E-state index contributed by atoms with van der Waals surface area (Å²) >= 11 is 0. The second-order valence-corrected chi connectivity index (χ2v) is 5.91. The Kier molecular flexibility index (Phi) is 5.54.